The fourth-order valence-corrected chi connectivity index (χ4v) is 4.23. The molecule has 0 spiro atoms. The van der Waals surface area contributed by atoms with Crippen molar-refractivity contribution in [2.45, 2.75) is 46.3 Å². The van der Waals surface area contributed by atoms with Gasteiger partial charge in [-0.05, 0) is 26.3 Å². The van der Waals surface area contributed by atoms with Crippen LogP contribution in [0.1, 0.15) is 42.0 Å². The maximum atomic E-state index is 12.9. The molecular formula is C17H21N3O3. The van der Waals surface area contributed by atoms with Gasteiger partial charge in [-0.25, -0.2) is 4.98 Å². The normalized spacial score (nSPS) is 28.4. The molecule has 23 heavy (non-hydrogen) atoms. The van der Waals surface area contributed by atoms with Crippen LogP contribution in [-0.4, -0.2) is 34.8 Å². The number of aryl methyl sites for hydroxylation is 2. The Bertz CT molecular complexity index is 796. The van der Waals surface area contributed by atoms with Crippen LogP contribution in [0.3, 0.4) is 0 Å². The maximum Gasteiger partial charge on any atom is 0.258 e. The van der Waals surface area contributed by atoms with Gasteiger partial charge in [0.1, 0.15) is 0 Å². The number of hydrogen-bond acceptors (Lipinski definition) is 5. The molecule has 1 saturated heterocycles. The van der Waals surface area contributed by atoms with Gasteiger partial charge in [-0.15, -0.1) is 0 Å². The van der Waals surface area contributed by atoms with Crippen molar-refractivity contribution in [3.05, 3.63) is 23.0 Å². The number of carbonyl (C=O) groups is 1. The molecule has 1 amide bonds. The summed E-state index contributed by atoms with van der Waals surface area (Å²) >= 11 is 0. The highest BCUT2D eigenvalue weighted by molar-refractivity contribution is 6.06. The zero-order chi connectivity index (χ0) is 16.4. The first kappa shape index (κ1) is 14.6. The molecule has 2 aliphatic rings. The lowest BCUT2D eigenvalue weighted by Crippen LogP contribution is -2.66. The molecule has 4 rings (SSSR count). The summed E-state index contributed by atoms with van der Waals surface area (Å²) in [4.78, 5) is 17.2. The van der Waals surface area contributed by atoms with Crippen LogP contribution < -0.4 is 5.32 Å². The summed E-state index contributed by atoms with van der Waals surface area (Å²) in [5.41, 5.74) is 2.40. The van der Waals surface area contributed by atoms with E-state index < -0.39 is 0 Å². The molecule has 2 fully saturated rings. The summed E-state index contributed by atoms with van der Waals surface area (Å²) in [5, 5.41) is 7.85. The minimum absolute atomic E-state index is 0.0400. The quantitative estimate of drug-likeness (QED) is 0.920. The van der Waals surface area contributed by atoms with Crippen molar-refractivity contribution >= 4 is 17.0 Å². The largest absolute Gasteiger partial charge is 0.377 e. The number of hydrogen-bond donors (Lipinski definition) is 1. The third-order valence-electron chi connectivity index (χ3n) is 5.38. The van der Waals surface area contributed by atoms with Gasteiger partial charge in [-0.3, -0.25) is 4.79 Å². The first-order valence-corrected chi connectivity index (χ1v) is 8.05. The van der Waals surface area contributed by atoms with Gasteiger partial charge < -0.3 is 14.6 Å². The molecule has 1 aliphatic heterocycles. The minimum atomic E-state index is -0.0878. The van der Waals surface area contributed by atoms with Crippen LogP contribution in [0, 0.1) is 25.2 Å². The topological polar surface area (TPSA) is 77.2 Å². The molecule has 122 valence electrons. The predicted octanol–water partition coefficient (Wildman–Crippen LogP) is 2.38. The highest BCUT2D eigenvalue weighted by atomic mass is 16.5. The van der Waals surface area contributed by atoms with Crippen molar-refractivity contribution in [2.24, 2.45) is 11.3 Å². The first-order valence-electron chi connectivity index (χ1n) is 8.05. The number of nitrogens with zero attached hydrogens (tertiary/aromatic N) is 2. The summed E-state index contributed by atoms with van der Waals surface area (Å²) in [6.45, 7) is 8.77. The third kappa shape index (κ3) is 2.01. The van der Waals surface area contributed by atoms with Crippen molar-refractivity contribution < 1.29 is 14.1 Å². The van der Waals surface area contributed by atoms with Gasteiger partial charge in [0.25, 0.3) is 11.6 Å². The van der Waals surface area contributed by atoms with Crippen LogP contribution in [0.25, 0.3) is 11.1 Å². The lowest BCUT2D eigenvalue weighted by Gasteiger charge is -2.54. The van der Waals surface area contributed by atoms with Crippen molar-refractivity contribution in [1.82, 2.24) is 15.5 Å². The van der Waals surface area contributed by atoms with Crippen molar-refractivity contribution in [3.63, 3.8) is 0 Å². The number of ether oxygens (including phenoxy) is 1. The van der Waals surface area contributed by atoms with Gasteiger partial charge >= 0.3 is 0 Å². The molecule has 0 radical (unpaired) electrons. The van der Waals surface area contributed by atoms with Crippen molar-refractivity contribution in [2.75, 3.05) is 6.61 Å². The average molecular weight is 315 g/mol. The van der Waals surface area contributed by atoms with Crippen molar-refractivity contribution in [1.29, 1.82) is 0 Å². The standard InChI is InChI=1S/C17H21N3O3/c1-8-7-11(12-9(2)20-23-16(12)18-8)15(21)19-13-10-5-6-22-14(10)17(13,3)4/h7,10,13-14H,5-6H2,1-4H3,(H,19,21). The summed E-state index contributed by atoms with van der Waals surface area (Å²) in [7, 11) is 0. The third-order valence-corrected chi connectivity index (χ3v) is 5.38. The van der Waals surface area contributed by atoms with Gasteiger partial charge in [0.2, 0.25) is 0 Å². The van der Waals surface area contributed by atoms with Crippen LogP contribution in [0.15, 0.2) is 10.6 Å². The molecule has 3 atom stereocenters. The van der Waals surface area contributed by atoms with E-state index >= 15 is 0 Å². The molecule has 0 aromatic carbocycles. The molecule has 6 heteroatoms. The maximum absolute atomic E-state index is 12.9. The number of nitrogens with one attached hydrogen (secondary N) is 1. The fourth-order valence-electron chi connectivity index (χ4n) is 4.23. The van der Waals surface area contributed by atoms with E-state index in [0.717, 1.165) is 18.7 Å². The molecular weight excluding hydrogens is 294 g/mol. The number of rotatable bonds is 2. The van der Waals surface area contributed by atoms with E-state index in [1.54, 1.807) is 6.07 Å². The van der Waals surface area contributed by atoms with Crippen LogP contribution in [-0.2, 0) is 4.74 Å². The van der Waals surface area contributed by atoms with E-state index in [1.165, 1.54) is 0 Å². The summed E-state index contributed by atoms with van der Waals surface area (Å²) in [6.07, 6.45) is 1.26. The van der Waals surface area contributed by atoms with Gasteiger partial charge in [0.05, 0.1) is 22.7 Å². The van der Waals surface area contributed by atoms with Gasteiger partial charge in [0, 0.05) is 29.7 Å². The second-order valence-electron chi connectivity index (χ2n) is 7.28. The Hall–Kier alpha value is -1.95. The molecule has 2 aromatic rings. The molecule has 0 bridgehead atoms. The fraction of sp³-hybridized carbons (Fsp3) is 0.588. The molecule has 1 aliphatic carbocycles. The van der Waals surface area contributed by atoms with Crippen LogP contribution >= 0.6 is 0 Å². The summed E-state index contributed by atoms with van der Waals surface area (Å²) < 4.78 is 11.0. The zero-order valence-corrected chi connectivity index (χ0v) is 13.8. The van der Waals surface area contributed by atoms with Gasteiger partial charge in [-0.1, -0.05) is 19.0 Å². The second kappa shape index (κ2) is 4.77. The Labute approximate surface area is 134 Å². The van der Waals surface area contributed by atoms with E-state index in [-0.39, 0.29) is 23.5 Å². The Morgan fingerprint density at radius 1 is 1.39 bits per heavy atom. The number of fused-ring (bicyclic) bond motifs is 2. The van der Waals surface area contributed by atoms with E-state index in [9.17, 15) is 4.79 Å². The van der Waals surface area contributed by atoms with Gasteiger partial charge in [-0.2, -0.15) is 0 Å². The summed E-state index contributed by atoms with van der Waals surface area (Å²) in [5.74, 6) is 0.325. The van der Waals surface area contributed by atoms with Crippen LogP contribution in [0.2, 0.25) is 0 Å². The molecule has 6 nitrogen and oxygen atoms in total. The molecule has 2 aromatic heterocycles. The second-order valence-corrected chi connectivity index (χ2v) is 7.28. The summed E-state index contributed by atoms with van der Waals surface area (Å²) in [6, 6.07) is 1.93. The van der Waals surface area contributed by atoms with Crippen LogP contribution in [0.5, 0.6) is 0 Å². The highest BCUT2D eigenvalue weighted by Gasteiger charge is 2.59. The number of amides is 1. The van der Waals surface area contributed by atoms with E-state index in [4.69, 9.17) is 9.26 Å². The van der Waals surface area contributed by atoms with Crippen LogP contribution in [0.4, 0.5) is 0 Å². The predicted molar refractivity (Wildman–Crippen MR) is 84.2 cm³/mol. The smallest absolute Gasteiger partial charge is 0.258 e. The Morgan fingerprint density at radius 3 is 2.96 bits per heavy atom. The Morgan fingerprint density at radius 2 is 2.17 bits per heavy atom. The van der Waals surface area contributed by atoms with E-state index in [2.05, 4.69) is 29.3 Å². The van der Waals surface area contributed by atoms with E-state index in [0.29, 0.717) is 28.3 Å². The zero-order valence-electron chi connectivity index (χ0n) is 13.8. The number of carbonyl (C=O) groups excluding carboxylic acids is 1. The molecule has 3 unspecified atom stereocenters. The minimum Gasteiger partial charge on any atom is -0.377 e. The first-order chi connectivity index (χ1) is 10.9. The average Bonchev–Trinajstić information content (AvgIpc) is 3.10. The SMILES string of the molecule is Cc1cc(C(=O)NC2C3CCOC3C2(C)C)c2c(C)noc2n1. The lowest BCUT2D eigenvalue weighted by atomic mass is 9.57. The van der Waals surface area contributed by atoms with E-state index in [1.807, 2.05) is 13.8 Å². The van der Waals surface area contributed by atoms with Crippen molar-refractivity contribution in [3.8, 4) is 0 Å². The van der Waals surface area contributed by atoms with Gasteiger partial charge in [0.15, 0.2) is 0 Å². The Kier molecular flexibility index (Phi) is 3.04. The lowest BCUT2D eigenvalue weighted by molar-refractivity contribution is -0.108. The molecule has 3 heterocycles. The molecule has 1 saturated carbocycles. The molecule has 1 N–H and O–H groups in total. The Balaban J connectivity index is 1.67. The monoisotopic (exact) mass is 315 g/mol. The number of aromatic nitrogens is 2. The number of pyridine rings is 1. The highest BCUT2D eigenvalue weighted by Crippen LogP contribution is 2.52.